The third-order valence-corrected chi connectivity index (χ3v) is 4.13. The first-order valence-electron chi connectivity index (χ1n) is 7.65. The molecule has 3 nitrogen and oxygen atoms in total. The molecule has 2 unspecified atom stereocenters. The summed E-state index contributed by atoms with van der Waals surface area (Å²) < 4.78 is 0. The number of nitrogens with zero attached hydrogens (tertiary/aromatic N) is 2. The van der Waals surface area contributed by atoms with E-state index in [1.165, 1.54) is 44.3 Å². The topological polar surface area (TPSA) is 28.2 Å². The number of hydrogen-bond donors (Lipinski definition) is 1. The average molecular weight is 261 g/mol. The second-order valence-electron chi connectivity index (χ2n) is 5.57. The first kappa shape index (κ1) is 14.5. The lowest BCUT2D eigenvalue weighted by molar-refractivity contribution is 0.154. The number of aromatic nitrogens is 1. The minimum absolute atomic E-state index is 0.554. The number of nitrogens with one attached hydrogen (secondary N) is 1. The summed E-state index contributed by atoms with van der Waals surface area (Å²) in [6.07, 6.45) is 9.11. The largest absolute Gasteiger partial charge is 0.319 e. The van der Waals surface area contributed by atoms with E-state index in [1.54, 1.807) is 0 Å². The third-order valence-electron chi connectivity index (χ3n) is 4.13. The van der Waals surface area contributed by atoms with E-state index in [9.17, 15) is 0 Å². The van der Waals surface area contributed by atoms with Crippen molar-refractivity contribution < 1.29 is 0 Å². The molecule has 0 aliphatic carbocycles. The van der Waals surface area contributed by atoms with Crippen LogP contribution in [0.5, 0.6) is 0 Å². The predicted octanol–water partition coefficient (Wildman–Crippen LogP) is 2.85. The van der Waals surface area contributed by atoms with Crippen molar-refractivity contribution in [3.63, 3.8) is 0 Å². The van der Waals surface area contributed by atoms with Gasteiger partial charge in [0.05, 0.1) is 0 Å². The molecule has 106 valence electrons. The van der Waals surface area contributed by atoms with Gasteiger partial charge in [-0.2, -0.15) is 0 Å². The van der Waals surface area contributed by atoms with Gasteiger partial charge in [-0.25, -0.2) is 0 Å². The monoisotopic (exact) mass is 261 g/mol. The molecule has 0 radical (unpaired) electrons. The highest BCUT2D eigenvalue weighted by atomic mass is 15.2. The Balaban J connectivity index is 2.25. The van der Waals surface area contributed by atoms with Gasteiger partial charge >= 0.3 is 0 Å². The van der Waals surface area contributed by atoms with Gasteiger partial charge in [-0.3, -0.25) is 9.88 Å². The SMILES string of the molecule is CCCN1CCCCC(CNC)C1c1ccncc1. The molecule has 0 spiro atoms. The number of rotatable bonds is 5. The maximum atomic E-state index is 4.17. The molecule has 1 saturated heterocycles. The molecule has 3 heteroatoms. The van der Waals surface area contributed by atoms with Gasteiger partial charge in [0.1, 0.15) is 0 Å². The Morgan fingerprint density at radius 1 is 1.32 bits per heavy atom. The van der Waals surface area contributed by atoms with Crippen LogP contribution in [0.15, 0.2) is 24.5 Å². The fourth-order valence-corrected chi connectivity index (χ4v) is 3.37. The third kappa shape index (κ3) is 3.77. The summed E-state index contributed by atoms with van der Waals surface area (Å²) >= 11 is 0. The van der Waals surface area contributed by atoms with Gasteiger partial charge < -0.3 is 5.32 Å². The van der Waals surface area contributed by atoms with Crippen molar-refractivity contribution in [3.05, 3.63) is 30.1 Å². The van der Waals surface area contributed by atoms with E-state index >= 15 is 0 Å². The van der Waals surface area contributed by atoms with Gasteiger partial charge in [-0.15, -0.1) is 0 Å². The normalized spacial score (nSPS) is 25.2. The fourth-order valence-electron chi connectivity index (χ4n) is 3.37. The van der Waals surface area contributed by atoms with Crippen molar-refractivity contribution in [1.29, 1.82) is 0 Å². The van der Waals surface area contributed by atoms with E-state index < -0.39 is 0 Å². The van der Waals surface area contributed by atoms with E-state index in [2.05, 4.69) is 41.3 Å². The zero-order valence-corrected chi connectivity index (χ0v) is 12.3. The zero-order chi connectivity index (χ0) is 13.5. The Labute approximate surface area is 117 Å². The molecule has 1 aromatic rings. The van der Waals surface area contributed by atoms with Gasteiger partial charge in [0.2, 0.25) is 0 Å². The summed E-state index contributed by atoms with van der Waals surface area (Å²) in [5.74, 6) is 0.710. The first-order valence-corrected chi connectivity index (χ1v) is 7.65. The lowest BCUT2D eigenvalue weighted by Gasteiger charge is -2.35. The molecule has 0 saturated carbocycles. The Morgan fingerprint density at radius 3 is 2.79 bits per heavy atom. The minimum atomic E-state index is 0.554. The van der Waals surface area contributed by atoms with E-state index in [4.69, 9.17) is 0 Å². The lowest BCUT2D eigenvalue weighted by Crippen LogP contribution is -2.36. The van der Waals surface area contributed by atoms with Crippen LogP contribution in [0, 0.1) is 5.92 Å². The van der Waals surface area contributed by atoms with Crippen LogP contribution in [0.4, 0.5) is 0 Å². The van der Waals surface area contributed by atoms with Crippen LogP contribution in [-0.4, -0.2) is 36.6 Å². The molecule has 1 aliphatic heterocycles. The standard InChI is InChI=1S/C16H27N3/c1-3-11-19-12-5-4-6-15(13-17-2)16(19)14-7-9-18-10-8-14/h7-10,15-17H,3-6,11-13H2,1-2H3. The van der Waals surface area contributed by atoms with Crippen LogP contribution in [0.1, 0.15) is 44.2 Å². The van der Waals surface area contributed by atoms with Gasteiger partial charge in [0.25, 0.3) is 0 Å². The van der Waals surface area contributed by atoms with Gasteiger partial charge in [0, 0.05) is 18.4 Å². The maximum absolute atomic E-state index is 4.17. The van der Waals surface area contributed by atoms with Gasteiger partial charge in [0.15, 0.2) is 0 Å². The highest BCUT2D eigenvalue weighted by molar-refractivity contribution is 5.17. The molecule has 1 N–H and O–H groups in total. The summed E-state index contributed by atoms with van der Waals surface area (Å²) in [6.45, 7) is 5.82. The molecular formula is C16H27N3. The Kier molecular flexibility index (Phi) is 5.80. The summed E-state index contributed by atoms with van der Waals surface area (Å²) in [4.78, 5) is 6.86. The molecule has 1 fully saturated rings. The molecule has 1 aromatic heterocycles. The van der Waals surface area contributed by atoms with E-state index in [0.717, 1.165) is 6.54 Å². The highest BCUT2D eigenvalue weighted by Gasteiger charge is 2.29. The molecule has 2 atom stereocenters. The highest BCUT2D eigenvalue weighted by Crippen LogP contribution is 2.34. The second-order valence-corrected chi connectivity index (χ2v) is 5.57. The lowest BCUT2D eigenvalue weighted by atomic mass is 9.89. The van der Waals surface area contributed by atoms with Crippen molar-refractivity contribution in [2.45, 2.75) is 38.6 Å². The average Bonchev–Trinajstić information content (AvgIpc) is 2.63. The summed E-state index contributed by atoms with van der Waals surface area (Å²) in [5, 5.41) is 3.39. The van der Waals surface area contributed by atoms with Crippen molar-refractivity contribution >= 4 is 0 Å². The van der Waals surface area contributed by atoms with Crippen molar-refractivity contribution in [2.75, 3.05) is 26.7 Å². The molecule has 0 amide bonds. The van der Waals surface area contributed by atoms with Crippen LogP contribution in [-0.2, 0) is 0 Å². The smallest absolute Gasteiger partial charge is 0.0389 e. The van der Waals surface area contributed by atoms with E-state index in [1.807, 2.05) is 12.4 Å². The minimum Gasteiger partial charge on any atom is -0.319 e. The van der Waals surface area contributed by atoms with E-state index in [0.29, 0.717) is 12.0 Å². The molecule has 2 heterocycles. The van der Waals surface area contributed by atoms with Crippen molar-refractivity contribution in [2.24, 2.45) is 5.92 Å². The Morgan fingerprint density at radius 2 is 2.11 bits per heavy atom. The predicted molar refractivity (Wildman–Crippen MR) is 80.1 cm³/mol. The van der Waals surface area contributed by atoms with Crippen LogP contribution >= 0.6 is 0 Å². The summed E-state index contributed by atoms with van der Waals surface area (Å²) in [5.41, 5.74) is 1.44. The summed E-state index contributed by atoms with van der Waals surface area (Å²) in [7, 11) is 2.07. The van der Waals surface area contributed by atoms with Crippen LogP contribution in [0.2, 0.25) is 0 Å². The second kappa shape index (κ2) is 7.61. The van der Waals surface area contributed by atoms with Crippen molar-refractivity contribution in [1.82, 2.24) is 15.2 Å². The number of pyridine rings is 1. The van der Waals surface area contributed by atoms with Crippen LogP contribution in [0.3, 0.4) is 0 Å². The van der Waals surface area contributed by atoms with Gasteiger partial charge in [-0.05, 0) is 69.6 Å². The Bertz CT molecular complexity index is 336. The van der Waals surface area contributed by atoms with Crippen LogP contribution in [0.25, 0.3) is 0 Å². The molecule has 0 bridgehead atoms. The first-order chi connectivity index (χ1) is 9.36. The number of likely N-dealkylation sites (tertiary alicyclic amines) is 1. The number of hydrogen-bond acceptors (Lipinski definition) is 3. The zero-order valence-electron chi connectivity index (χ0n) is 12.3. The summed E-state index contributed by atoms with van der Waals surface area (Å²) in [6, 6.07) is 4.95. The molecular weight excluding hydrogens is 234 g/mol. The Hall–Kier alpha value is -0.930. The maximum Gasteiger partial charge on any atom is 0.0389 e. The molecule has 19 heavy (non-hydrogen) atoms. The molecule has 2 rings (SSSR count). The quantitative estimate of drug-likeness (QED) is 0.883. The molecule has 1 aliphatic rings. The van der Waals surface area contributed by atoms with Crippen molar-refractivity contribution in [3.8, 4) is 0 Å². The van der Waals surface area contributed by atoms with Crippen LogP contribution < -0.4 is 5.32 Å². The van der Waals surface area contributed by atoms with Gasteiger partial charge in [-0.1, -0.05) is 13.3 Å². The van der Waals surface area contributed by atoms with E-state index in [-0.39, 0.29) is 0 Å². The fraction of sp³-hybridized carbons (Fsp3) is 0.688. The molecule has 0 aromatic carbocycles.